The van der Waals surface area contributed by atoms with Gasteiger partial charge in [-0.25, -0.2) is 0 Å². The van der Waals surface area contributed by atoms with Gasteiger partial charge in [0.2, 0.25) is 0 Å². The molecule has 0 spiro atoms. The van der Waals surface area contributed by atoms with Gasteiger partial charge in [-0.1, -0.05) is 15.9 Å². The molecule has 0 fully saturated rings. The monoisotopic (exact) mass is 208 g/mol. The van der Waals surface area contributed by atoms with Crippen LogP contribution in [-0.4, -0.2) is 0 Å². The second-order valence-corrected chi connectivity index (χ2v) is 3.00. The second kappa shape index (κ2) is 3.28. The lowest BCUT2D eigenvalue weighted by molar-refractivity contribution is 0.444. The average molecular weight is 209 g/mol. The van der Waals surface area contributed by atoms with Gasteiger partial charge in [-0.05, 0) is 23.1 Å². The first-order chi connectivity index (χ1) is 4.33. The topological polar surface area (TPSA) is 9.23 Å². The largest absolute Gasteiger partial charge is 0.390 e. The molecule has 0 N–H and O–H groups in total. The Hall–Kier alpha value is 0.0500. The molecule has 1 aliphatic carbocycles. The summed E-state index contributed by atoms with van der Waals surface area (Å²) >= 11 is 8.48. The van der Waals surface area contributed by atoms with Gasteiger partial charge in [0.1, 0.15) is 17.6 Å². The summed E-state index contributed by atoms with van der Waals surface area (Å²) in [6, 6.07) is 0. The minimum atomic E-state index is 0.833. The van der Waals surface area contributed by atoms with Crippen LogP contribution in [0.25, 0.3) is 0 Å². The van der Waals surface area contributed by atoms with Crippen molar-refractivity contribution in [2.24, 2.45) is 0 Å². The zero-order valence-corrected chi connectivity index (χ0v) is 7.08. The van der Waals surface area contributed by atoms with Crippen LogP contribution in [0.2, 0.25) is 0 Å². The molecule has 0 atom stereocenters. The van der Waals surface area contributed by atoms with E-state index in [-0.39, 0.29) is 0 Å². The van der Waals surface area contributed by atoms with Crippen molar-refractivity contribution in [3.63, 3.8) is 0 Å². The predicted molar refractivity (Wildman–Crippen MR) is 41.3 cm³/mol. The molecule has 0 heterocycles. The minimum Gasteiger partial charge on any atom is -0.390 e. The van der Waals surface area contributed by atoms with Crippen molar-refractivity contribution in [1.82, 2.24) is 0 Å². The lowest BCUT2D eigenvalue weighted by atomic mass is 10.2. The van der Waals surface area contributed by atoms with Gasteiger partial charge in [-0.2, -0.15) is 0 Å². The molecule has 0 aromatic rings. The lowest BCUT2D eigenvalue weighted by Crippen LogP contribution is -1.87. The fraction of sp³-hybridized carbons (Fsp3) is 0.333. The first-order valence-corrected chi connectivity index (χ1v) is 3.77. The van der Waals surface area contributed by atoms with Gasteiger partial charge in [0, 0.05) is 6.42 Å². The Labute approximate surface area is 67.6 Å². The van der Waals surface area contributed by atoms with Crippen LogP contribution in [0.4, 0.5) is 0 Å². The highest BCUT2D eigenvalue weighted by atomic mass is 79.9. The molecule has 1 nitrogen and oxygen atoms in total. The van der Waals surface area contributed by atoms with E-state index in [9.17, 15) is 0 Å². The molecule has 0 saturated heterocycles. The van der Waals surface area contributed by atoms with Crippen molar-refractivity contribution in [2.75, 3.05) is 0 Å². The molecule has 9 heavy (non-hydrogen) atoms. The lowest BCUT2D eigenvalue weighted by Gasteiger charge is -2.05. The first-order valence-electron chi connectivity index (χ1n) is 2.67. The maximum atomic E-state index is 5.12. The summed E-state index contributed by atoms with van der Waals surface area (Å²) in [6.45, 7) is 0. The summed E-state index contributed by atoms with van der Waals surface area (Å²) in [5.74, 6) is 0.833. The van der Waals surface area contributed by atoms with Crippen LogP contribution in [0.3, 0.4) is 0 Å². The maximum absolute atomic E-state index is 5.12. The molecule has 0 aromatic carbocycles. The van der Waals surface area contributed by atoms with E-state index in [0.717, 1.165) is 18.6 Å². The molecule has 3 heteroatoms. The van der Waals surface area contributed by atoms with Crippen molar-refractivity contribution >= 4 is 27.8 Å². The molecule has 1 aliphatic rings. The Morgan fingerprint density at radius 2 is 2.22 bits per heavy atom. The van der Waals surface area contributed by atoms with E-state index >= 15 is 0 Å². The third-order valence-corrected chi connectivity index (χ3v) is 2.02. The Balaban J connectivity index is 2.59. The van der Waals surface area contributed by atoms with Crippen LogP contribution in [0.15, 0.2) is 22.4 Å². The van der Waals surface area contributed by atoms with Crippen LogP contribution in [0.5, 0.6) is 0 Å². The van der Waals surface area contributed by atoms with E-state index in [1.807, 2.05) is 12.2 Å². The van der Waals surface area contributed by atoms with Crippen LogP contribution < -0.4 is 0 Å². The van der Waals surface area contributed by atoms with Gasteiger partial charge in [-0.3, -0.25) is 0 Å². The molecule has 0 saturated carbocycles. The molecule has 0 aliphatic heterocycles. The van der Waals surface area contributed by atoms with Crippen molar-refractivity contribution < 1.29 is 4.29 Å². The highest BCUT2D eigenvalue weighted by Crippen LogP contribution is 2.23. The van der Waals surface area contributed by atoms with E-state index in [0.29, 0.717) is 0 Å². The van der Waals surface area contributed by atoms with Crippen LogP contribution in [0.1, 0.15) is 12.8 Å². The fourth-order valence-corrected chi connectivity index (χ4v) is 1.12. The number of rotatable bonds is 1. The minimum absolute atomic E-state index is 0.833. The first kappa shape index (κ1) is 7.16. The number of hydrogen-bond acceptors (Lipinski definition) is 1. The second-order valence-electron chi connectivity index (χ2n) is 1.82. The molecular formula is C6H6BrClO. The summed E-state index contributed by atoms with van der Waals surface area (Å²) < 4.78 is 5.70. The van der Waals surface area contributed by atoms with Gasteiger partial charge in [-0.15, -0.1) is 0 Å². The van der Waals surface area contributed by atoms with E-state index < -0.39 is 0 Å². The Morgan fingerprint density at radius 3 is 2.67 bits per heavy atom. The molecule has 0 amide bonds. The Kier molecular flexibility index (Phi) is 2.61. The number of hydrogen-bond donors (Lipinski definition) is 0. The van der Waals surface area contributed by atoms with Crippen molar-refractivity contribution in [2.45, 2.75) is 12.8 Å². The van der Waals surface area contributed by atoms with Crippen molar-refractivity contribution in [1.29, 1.82) is 0 Å². The van der Waals surface area contributed by atoms with E-state index in [4.69, 9.17) is 11.9 Å². The summed E-state index contributed by atoms with van der Waals surface area (Å²) in [4.78, 5) is 0. The molecule has 0 radical (unpaired) electrons. The standard InChI is InChI=1S/C6H6BrClO/c7-5-1-3-6(9-8)4-2-5/h1,3H,2,4H2. The Bertz CT molecular complexity index is 162. The zero-order valence-electron chi connectivity index (χ0n) is 4.73. The van der Waals surface area contributed by atoms with Gasteiger partial charge in [0.15, 0.2) is 0 Å². The van der Waals surface area contributed by atoms with Gasteiger partial charge >= 0.3 is 0 Å². The number of allylic oxidation sites excluding steroid dienone is 4. The van der Waals surface area contributed by atoms with E-state index in [1.54, 1.807) is 0 Å². The predicted octanol–water partition coefficient (Wildman–Crippen LogP) is 3.11. The summed E-state index contributed by atoms with van der Waals surface area (Å²) in [5, 5.41) is 0. The fourth-order valence-electron chi connectivity index (χ4n) is 0.657. The van der Waals surface area contributed by atoms with Gasteiger partial charge in [0.05, 0.1) is 0 Å². The smallest absolute Gasteiger partial charge is 0.134 e. The normalized spacial score (nSPS) is 18.4. The molecule has 1 rings (SSSR count). The molecule has 0 aromatic heterocycles. The summed E-state index contributed by atoms with van der Waals surface area (Å²) in [5.41, 5.74) is 0. The van der Waals surface area contributed by atoms with Crippen molar-refractivity contribution in [3.05, 3.63) is 22.4 Å². The Morgan fingerprint density at radius 1 is 1.44 bits per heavy atom. The highest BCUT2D eigenvalue weighted by molar-refractivity contribution is 9.11. The maximum Gasteiger partial charge on any atom is 0.134 e. The van der Waals surface area contributed by atoms with Crippen LogP contribution in [-0.2, 0) is 4.29 Å². The van der Waals surface area contributed by atoms with Gasteiger partial charge < -0.3 is 4.29 Å². The van der Waals surface area contributed by atoms with Crippen LogP contribution in [0, 0.1) is 0 Å². The summed E-state index contributed by atoms with van der Waals surface area (Å²) in [6.07, 6.45) is 5.68. The molecular weight excluding hydrogens is 203 g/mol. The zero-order chi connectivity index (χ0) is 6.69. The van der Waals surface area contributed by atoms with Gasteiger partial charge in [0.25, 0.3) is 0 Å². The molecule has 50 valence electrons. The average Bonchev–Trinajstić information content (AvgIpc) is 1.90. The third kappa shape index (κ3) is 2.03. The quantitative estimate of drug-likeness (QED) is 0.645. The third-order valence-electron chi connectivity index (χ3n) is 1.16. The molecule has 0 unspecified atom stereocenters. The van der Waals surface area contributed by atoms with Crippen molar-refractivity contribution in [3.8, 4) is 0 Å². The SMILES string of the molecule is ClOC1=CC=C(Br)CC1. The van der Waals surface area contributed by atoms with E-state index in [2.05, 4.69) is 20.2 Å². The molecule has 0 bridgehead atoms. The van der Waals surface area contributed by atoms with Crippen LogP contribution >= 0.6 is 27.8 Å². The van der Waals surface area contributed by atoms with E-state index in [1.165, 1.54) is 4.48 Å². The highest BCUT2D eigenvalue weighted by Gasteiger charge is 2.03. The summed E-state index contributed by atoms with van der Waals surface area (Å²) in [7, 11) is 0. The number of halogens is 2.